The Hall–Kier alpha value is -2.38. The Balaban J connectivity index is 1.85. The van der Waals surface area contributed by atoms with Gasteiger partial charge in [-0.2, -0.15) is 0 Å². The van der Waals surface area contributed by atoms with E-state index in [1.54, 1.807) is 11.0 Å². The van der Waals surface area contributed by atoms with Gasteiger partial charge in [-0.05, 0) is 23.8 Å². The van der Waals surface area contributed by atoms with Gasteiger partial charge < -0.3 is 14.4 Å². The maximum atomic E-state index is 12.9. The summed E-state index contributed by atoms with van der Waals surface area (Å²) in [7, 11) is -2.11. The van der Waals surface area contributed by atoms with Crippen LogP contribution in [0.2, 0.25) is 0 Å². The average molecular weight is 375 g/mol. The van der Waals surface area contributed by atoms with Crippen molar-refractivity contribution in [3.8, 4) is 5.75 Å². The first-order valence-corrected chi connectivity index (χ1v) is 10.1. The normalized spacial score (nSPS) is 17.8. The van der Waals surface area contributed by atoms with Crippen LogP contribution in [0.3, 0.4) is 0 Å². The van der Waals surface area contributed by atoms with Crippen LogP contribution in [0.15, 0.2) is 53.4 Å². The van der Waals surface area contributed by atoms with Crippen LogP contribution >= 0.6 is 0 Å². The topological polar surface area (TPSA) is 72.9 Å². The second-order valence-corrected chi connectivity index (χ2v) is 8.14. The smallest absolute Gasteiger partial charge is 0.254 e. The molecule has 1 unspecified atom stereocenters. The van der Waals surface area contributed by atoms with Gasteiger partial charge in [-0.25, -0.2) is 8.42 Å². The van der Waals surface area contributed by atoms with Crippen molar-refractivity contribution in [2.45, 2.75) is 11.0 Å². The van der Waals surface area contributed by atoms with Crippen molar-refractivity contribution in [1.82, 2.24) is 4.90 Å². The van der Waals surface area contributed by atoms with E-state index in [-0.39, 0.29) is 22.7 Å². The molecule has 6 nitrogen and oxygen atoms in total. The lowest BCUT2D eigenvalue weighted by atomic mass is 10.1. The third-order valence-electron chi connectivity index (χ3n) is 4.34. The highest BCUT2D eigenvalue weighted by atomic mass is 32.2. The first kappa shape index (κ1) is 18.4. The Kier molecular flexibility index (Phi) is 5.29. The molecule has 26 heavy (non-hydrogen) atoms. The zero-order valence-electron chi connectivity index (χ0n) is 14.7. The van der Waals surface area contributed by atoms with Gasteiger partial charge >= 0.3 is 0 Å². The van der Waals surface area contributed by atoms with Crippen molar-refractivity contribution in [2.75, 3.05) is 33.1 Å². The second kappa shape index (κ2) is 7.47. The Bertz CT molecular complexity index is 895. The van der Waals surface area contributed by atoms with E-state index in [2.05, 4.69) is 0 Å². The fourth-order valence-electron chi connectivity index (χ4n) is 2.99. The van der Waals surface area contributed by atoms with Crippen molar-refractivity contribution in [3.63, 3.8) is 0 Å². The summed E-state index contributed by atoms with van der Waals surface area (Å²) < 4.78 is 34.8. The maximum Gasteiger partial charge on any atom is 0.254 e. The molecule has 0 radical (unpaired) electrons. The summed E-state index contributed by atoms with van der Waals surface area (Å²) in [4.78, 5) is 14.6. The molecule has 138 valence electrons. The third-order valence-corrected chi connectivity index (χ3v) is 5.45. The van der Waals surface area contributed by atoms with E-state index < -0.39 is 9.84 Å². The summed E-state index contributed by atoms with van der Waals surface area (Å²) >= 11 is 0. The van der Waals surface area contributed by atoms with E-state index in [0.29, 0.717) is 25.3 Å². The van der Waals surface area contributed by atoms with E-state index in [9.17, 15) is 13.2 Å². The molecular weight excluding hydrogens is 354 g/mol. The van der Waals surface area contributed by atoms with Gasteiger partial charge in [-0.15, -0.1) is 0 Å². The molecule has 1 saturated heterocycles. The van der Waals surface area contributed by atoms with E-state index in [1.165, 1.54) is 19.2 Å². The van der Waals surface area contributed by atoms with E-state index in [4.69, 9.17) is 9.47 Å². The minimum atomic E-state index is -3.51. The summed E-state index contributed by atoms with van der Waals surface area (Å²) in [5, 5.41) is 0. The lowest BCUT2D eigenvalue weighted by Crippen LogP contribution is -2.42. The number of rotatable bonds is 4. The maximum absolute atomic E-state index is 12.9. The monoisotopic (exact) mass is 375 g/mol. The summed E-state index contributed by atoms with van der Waals surface area (Å²) in [6, 6.07) is 14.2. The fourth-order valence-corrected chi connectivity index (χ4v) is 3.84. The third kappa shape index (κ3) is 3.89. The molecule has 1 heterocycles. The number of carbonyl (C=O) groups is 1. The van der Waals surface area contributed by atoms with Gasteiger partial charge in [0.05, 0.1) is 20.3 Å². The number of nitrogens with zero attached hydrogens (tertiary/aromatic N) is 1. The van der Waals surface area contributed by atoms with Crippen LogP contribution < -0.4 is 4.74 Å². The first-order valence-electron chi connectivity index (χ1n) is 8.24. The van der Waals surface area contributed by atoms with Crippen LogP contribution in [0.1, 0.15) is 22.0 Å². The van der Waals surface area contributed by atoms with Gasteiger partial charge in [-0.1, -0.05) is 30.3 Å². The molecule has 0 aliphatic carbocycles. The molecule has 0 N–H and O–H groups in total. The molecular formula is C19H21NO5S. The Morgan fingerprint density at radius 2 is 1.92 bits per heavy atom. The zero-order valence-corrected chi connectivity index (χ0v) is 15.5. The second-order valence-electron chi connectivity index (χ2n) is 6.16. The number of ether oxygens (including phenoxy) is 2. The molecule has 0 saturated carbocycles. The molecule has 0 aromatic heterocycles. The van der Waals surface area contributed by atoms with Gasteiger partial charge in [0.25, 0.3) is 5.91 Å². The summed E-state index contributed by atoms with van der Waals surface area (Å²) in [6.45, 7) is 1.31. The number of morpholine rings is 1. The van der Waals surface area contributed by atoms with Crippen LogP contribution in [-0.2, 0) is 14.6 Å². The molecule has 2 aromatic carbocycles. The van der Waals surface area contributed by atoms with E-state index in [0.717, 1.165) is 11.8 Å². The highest BCUT2D eigenvalue weighted by molar-refractivity contribution is 7.90. The lowest BCUT2D eigenvalue weighted by Gasteiger charge is -2.33. The quantitative estimate of drug-likeness (QED) is 0.820. The van der Waals surface area contributed by atoms with Crippen LogP contribution in [-0.4, -0.2) is 52.3 Å². The van der Waals surface area contributed by atoms with E-state index >= 15 is 0 Å². The Morgan fingerprint density at radius 3 is 2.58 bits per heavy atom. The molecule has 3 rings (SSSR count). The summed E-state index contributed by atoms with van der Waals surface area (Å²) in [5.41, 5.74) is 1.33. The van der Waals surface area contributed by atoms with E-state index in [1.807, 2.05) is 30.3 Å². The van der Waals surface area contributed by atoms with Crippen LogP contribution in [0, 0.1) is 0 Å². The standard InChI is InChI=1S/C19H21NO5S/c1-24-16-9-8-15(12-18(16)26(2,22)23)19(21)20-10-11-25-17(13-20)14-6-4-3-5-7-14/h3-9,12,17H,10-11,13H2,1-2H3. The molecule has 0 bridgehead atoms. The summed E-state index contributed by atoms with van der Waals surface area (Å²) in [6.07, 6.45) is 0.903. The SMILES string of the molecule is COc1ccc(C(=O)N2CCOC(c3ccccc3)C2)cc1S(C)(=O)=O. The number of hydrogen-bond acceptors (Lipinski definition) is 5. The van der Waals surface area contributed by atoms with Crippen LogP contribution in [0.5, 0.6) is 5.75 Å². The number of sulfone groups is 1. The van der Waals surface area contributed by atoms with Gasteiger partial charge in [0.15, 0.2) is 9.84 Å². The van der Waals surface area contributed by atoms with Crippen molar-refractivity contribution in [2.24, 2.45) is 0 Å². The number of benzene rings is 2. The van der Waals surface area contributed by atoms with Crippen molar-refractivity contribution in [1.29, 1.82) is 0 Å². The lowest BCUT2D eigenvalue weighted by molar-refractivity contribution is -0.0228. The van der Waals surface area contributed by atoms with Crippen LogP contribution in [0.4, 0.5) is 0 Å². The molecule has 1 aliphatic heterocycles. The van der Waals surface area contributed by atoms with Crippen molar-refractivity contribution >= 4 is 15.7 Å². The number of amides is 1. The predicted octanol–water partition coefficient (Wildman–Crippen LogP) is 2.31. The number of methoxy groups -OCH3 is 1. The molecule has 1 amide bonds. The zero-order chi connectivity index (χ0) is 18.7. The molecule has 0 spiro atoms. The highest BCUT2D eigenvalue weighted by Crippen LogP contribution is 2.27. The fraction of sp³-hybridized carbons (Fsp3) is 0.316. The van der Waals surface area contributed by atoms with Crippen LogP contribution in [0.25, 0.3) is 0 Å². The Morgan fingerprint density at radius 1 is 1.19 bits per heavy atom. The van der Waals surface area contributed by atoms with Gasteiger partial charge in [0.2, 0.25) is 0 Å². The number of carbonyl (C=O) groups excluding carboxylic acids is 1. The largest absolute Gasteiger partial charge is 0.495 e. The van der Waals surface area contributed by atoms with Gasteiger partial charge in [0, 0.05) is 18.4 Å². The molecule has 1 atom stereocenters. The van der Waals surface area contributed by atoms with Crippen molar-refractivity contribution in [3.05, 3.63) is 59.7 Å². The number of hydrogen-bond donors (Lipinski definition) is 0. The molecule has 7 heteroatoms. The van der Waals surface area contributed by atoms with Gasteiger partial charge in [-0.3, -0.25) is 4.79 Å². The average Bonchev–Trinajstić information content (AvgIpc) is 2.67. The highest BCUT2D eigenvalue weighted by Gasteiger charge is 2.27. The predicted molar refractivity (Wildman–Crippen MR) is 97.1 cm³/mol. The summed E-state index contributed by atoms with van der Waals surface area (Å²) in [5.74, 6) is 0.00923. The molecule has 1 aliphatic rings. The van der Waals surface area contributed by atoms with Gasteiger partial charge in [0.1, 0.15) is 16.7 Å². The molecule has 2 aromatic rings. The first-order chi connectivity index (χ1) is 12.4. The minimum Gasteiger partial charge on any atom is -0.495 e. The molecule has 1 fully saturated rings. The van der Waals surface area contributed by atoms with Crippen molar-refractivity contribution < 1.29 is 22.7 Å². The minimum absolute atomic E-state index is 0.0127. The Labute approximate surface area is 153 Å².